The number of aryl methyl sites for hydroxylation is 1. The lowest BCUT2D eigenvalue weighted by Crippen LogP contribution is -2.50. The molecule has 1 fully saturated rings. The lowest BCUT2D eigenvalue weighted by molar-refractivity contribution is 0.176. The Labute approximate surface area is 203 Å². The normalized spacial score (nSPS) is 22.7. The summed E-state index contributed by atoms with van der Waals surface area (Å²) in [6, 6.07) is 3.95. The van der Waals surface area contributed by atoms with Gasteiger partial charge < -0.3 is 0 Å². The number of hydrogen-bond acceptors (Lipinski definition) is 7. The predicted octanol–water partition coefficient (Wildman–Crippen LogP) is 1.71. The van der Waals surface area contributed by atoms with E-state index in [1.54, 1.807) is 0 Å². The smallest absolute Gasteiger partial charge is 0.211 e. The minimum Gasteiger partial charge on any atom is -0.284 e. The molecule has 6 rings (SSSR count). The first-order valence-corrected chi connectivity index (χ1v) is 13.5. The summed E-state index contributed by atoms with van der Waals surface area (Å²) in [5.74, 6) is 1.26. The molecule has 3 aromatic rings. The van der Waals surface area contributed by atoms with E-state index in [1.807, 2.05) is 46.9 Å². The first-order chi connectivity index (χ1) is 16.8. The van der Waals surface area contributed by atoms with E-state index in [9.17, 15) is 8.42 Å². The molecule has 0 radical (unpaired) electrons. The highest BCUT2D eigenvalue weighted by Gasteiger charge is 2.33. The van der Waals surface area contributed by atoms with Crippen LogP contribution in [0.4, 0.5) is 0 Å². The van der Waals surface area contributed by atoms with Gasteiger partial charge in [-0.1, -0.05) is 24.3 Å². The number of aliphatic imine (C=N–C) groups is 1. The van der Waals surface area contributed by atoms with Crippen molar-refractivity contribution in [2.45, 2.75) is 25.9 Å². The van der Waals surface area contributed by atoms with Crippen LogP contribution in [0.3, 0.4) is 0 Å². The number of fused-ring (bicyclic) bond motifs is 2. The van der Waals surface area contributed by atoms with Crippen LogP contribution in [-0.4, -0.2) is 73.9 Å². The molecule has 0 N–H and O–H groups in total. The van der Waals surface area contributed by atoms with E-state index in [2.05, 4.69) is 44.7 Å². The Morgan fingerprint density at radius 3 is 2.83 bits per heavy atom. The molecule has 0 amide bonds. The minimum atomic E-state index is -3.09. The maximum atomic E-state index is 11.6. The molecule has 35 heavy (non-hydrogen) atoms. The average molecular weight is 491 g/mol. The summed E-state index contributed by atoms with van der Waals surface area (Å²) >= 11 is 0. The third-order valence-electron chi connectivity index (χ3n) is 6.69. The highest BCUT2D eigenvalue weighted by atomic mass is 32.2. The molecule has 11 heteroatoms. The Balaban J connectivity index is 1.16. The monoisotopic (exact) mass is 490 g/mol. The highest BCUT2D eigenvalue weighted by molar-refractivity contribution is 7.88. The van der Waals surface area contributed by atoms with Crippen molar-refractivity contribution in [3.8, 4) is 0 Å². The second-order valence-electron chi connectivity index (χ2n) is 9.50. The van der Waals surface area contributed by atoms with Gasteiger partial charge in [0.05, 0.1) is 24.2 Å². The van der Waals surface area contributed by atoms with Gasteiger partial charge in [0.1, 0.15) is 0 Å². The second-order valence-corrected chi connectivity index (χ2v) is 11.5. The van der Waals surface area contributed by atoms with Gasteiger partial charge in [-0.15, -0.1) is 10.2 Å². The molecule has 180 valence electrons. The lowest BCUT2D eigenvalue weighted by atomic mass is 9.86. The van der Waals surface area contributed by atoms with E-state index in [1.165, 1.54) is 10.6 Å². The van der Waals surface area contributed by atoms with Crippen molar-refractivity contribution < 1.29 is 8.42 Å². The Bertz CT molecular complexity index is 1520. The zero-order chi connectivity index (χ0) is 24.2. The SMILES string of the molecule is Cc1ccc2nnc(CC3=CC4C=C(c5cnn(CC6CN(S(C)(=O)=O)C6)c5)C=NC4C=C3)n2n1. The van der Waals surface area contributed by atoms with Gasteiger partial charge in [0.2, 0.25) is 10.0 Å². The van der Waals surface area contributed by atoms with E-state index in [4.69, 9.17) is 4.99 Å². The fourth-order valence-corrected chi connectivity index (χ4v) is 5.72. The van der Waals surface area contributed by atoms with Gasteiger partial charge in [-0.2, -0.15) is 14.7 Å². The number of aromatic nitrogens is 6. The van der Waals surface area contributed by atoms with E-state index in [-0.39, 0.29) is 17.9 Å². The molecule has 0 aromatic carbocycles. The summed E-state index contributed by atoms with van der Waals surface area (Å²) in [5.41, 5.74) is 4.88. The van der Waals surface area contributed by atoms with Crippen molar-refractivity contribution >= 4 is 27.5 Å². The van der Waals surface area contributed by atoms with Crippen molar-refractivity contribution in [1.82, 2.24) is 33.9 Å². The molecule has 1 aliphatic carbocycles. The largest absolute Gasteiger partial charge is 0.284 e. The minimum absolute atomic E-state index is 0.0880. The second kappa shape index (κ2) is 8.35. The predicted molar refractivity (Wildman–Crippen MR) is 132 cm³/mol. The topological polar surface area (TPSA) is 111 Å². The van der Waals surface area contributed by atoms with E-state index in [0.29, 0.717) is 26.1 Å². The summed E-state index contributed by atoms with van der Waals surface area (Å²) in [6.45, 7) is 3.77. The molecular formula is C24H26N8O2S. The molecular weight excluding hydrogens is 464 g/mol. The summed E-state index contributed by atoms with van der Waals surface area (Å²) < 4.78 is 28.4. The molecule has 1 saturated heterocycles. The number of dihydropyridines is 1. The number of nitrogens with zero attached hydrogens (tertiary/aromatic N) is 8. The maximum absolute atomic E-state index is 11.6. The van der Waals surface area contributed by atoms with Crippen LogP contribution in [0.5, 0.6) is 0 Å². The van der Waals surface area contributed by atoms with Crippen LogP contribution in [0, 0.1) is 18.8 Å². The molecule has 0 bridgehead atoms. The van der Waals surface area contributed by atoms with E-state index < -0.39 is 10.0 Å². The van der Waals surface area contributed by atoms with Crippen LogP contribution in [0.2, 0.25) is 0 Å². The molecule has 2 aliphatic heterocycles. The average Bonchev–Trinajstić information content (AvgIpc) is 3.42. The number of allylic oxidation sites excluding steroid dienone is 3. The molecule has 0 spiro atoms. The summed E-state index contributed by atoms with van der Waals surface area (Å²) in [7, 11) is -3.09. The number of sulfonamides is 1. The number of rotatable bonds is 6. The fraction of sp³-hybridized carbons (Fsp3) is 0.375. The molecule has 0 saturated carbocycles. The van der Waals surface area contributed by atoms with Crippen molar-refractivity contribution in [1.29, 1.82) is 0 Å². The highest BCUT2D eigenvalue weighted by Crippen LogP contribution is 2.30. The number of hydrogen-bond donors (Lipinski definition) is 0. The molecule has 2 atom stereocenters. The van der Waals surface area contributed by atoms with Crippen molar-refractivity contribution in [2.75, 3.05) is 19.3 Å². The Kier molecular flexibility index (Phi) is 5.26. The molecule has 2 unspecified atom stereocenters. The van der Waals surface area contributed by atoms with Gasteiger partial charge in [0.25, 0.3) is 0 Å². The van der Waals surface area contributed by atoms with Crippen LogP contribution < -0.4 is 0 Å². The maximum Gasteiger partial charge on any atom is 0.211 e. The first kappa shape index (κ1) is 22.1. The Hall–Kier alpha value is -3.44. The summed E-state index contributed by atoms with van der Waals surface area (Å²) in [6.07, 6.45) is 16.4. The van der Waals surface area contributed by atoms with Crippen molar-refractivity contribution in [3.63, 3.8) is 0 Å². The molecule has 3 aromatic heterocycles. The first-order valence-electron chi connectivity index (χ1n) is 11.6. The van der Waals surface area contributed by atoms with Crippen LogP contribution in [0.15, 0.2) is 59.4 Å². The molecule has 3 aliphatic rings. The van der Waals surface area contributed by atoms with Gasteiger partial charge in [0.15, 0.2) is 11.5 Å². The van der Waals surface area contributed by atoms with Crippen molar-refractivity contribution in [2.24, 2.45) is 16.8 Å². The van der Waals surface area contributed by atoms with Gasteiger partial charge in [-0.3, -0.25) is 9.67 Å². The Morgan fingerprint density at radius 2 is 2.00 bits per heavy atom. The van der Waals surface area contributed by atoms with Gasteiger partial charge in [-0.25, -0.2) is 12.7 Å². The van der Waals surface area contributed by atoms with Crippen LogP contribution in [-0.2, 0) is 23.0 Å². The fourth-order valence-electron chi connectivity index (χ4n) is 4.76. The lowest BCUT2D eigenvalue weighted by Gasteiger charge is -2.36. The zero-order valence-electron chi connectivity index (χ0n) is 19.6. The van der Waals surface area contributed by atoms with E-state index >= 15 is 0 Å². The quantitative estimate of drug-likeness (QED) is 0.520. The van der Waals surface area contributed by atoms with Crippen molar-refractivity contribution in [3.05, 3.63) is 71.5 Å². The van der Waals surface area contributed by atoms with E-state index in [0.717, 1.165) is 33.9 Å². The third kappa shape index (κ3) is 4.37. The van der Waals surface area contributed by atoms with Crippen LogP contribution in [0.25, 0.3) is 11.2 Å². The third-order valence-corrected chi connectivity index (χ3v) is 7.93. The van der Waals surface area contributed by atoms with Gasteiger partial charge in [-0.05, 0) is 30.2 Å². The molecule has 5 heterocycles. The van der Waals surface area contributed by atoms with Crippen LogP contribution in [0.1, 0.15) is 17.1 Å². The standard InChI is InChI=1S/C24H26N8O2S/c1-16-3-6-23-27-28-24(32(23)29-16)8-17-4-5-22-19(7-17)9-20(10-25-22)21-11-26-30(15-21)12-18-13-31(14-18)35(2,33)34/h3-7,9-11,15,18-19,22H,8,12-14H2,1-2H3. The van der Waals surface area contributed by atoms with Gasteiger partial charge in [0, 0.05) is 55.9 Å². The zero-order valence-corrected chi connectivity index (χ0v) is 20.4. The van der Waals surface area contributed by atoms with Gasteiger partial charge >= 0.3 is 0 Å². The Morgan fingerprint density at radius 1 is 1.14 bits per heavy atom. The summed E-state index contributed by atoms with van der Waals surface area (Å²) in [5, 5.41) is 17.6. The summed E-state index contributed by atoms with van der Waals surface area (Å²) in [4.78, 5) is 4.76. The van der Waals surface area contributed by atoms with Crippen LogP contribution >= 0.6 is 0 Å². The molecule has 10 nitrogen and oxygen atoms in total.